The third kappa shape index (κ3) is 4.79. The van der Waals surface area contributed by atoms with Crippen molar-refractivity contribution in [2.24, 2.45) is 0 Å². The van der Waals surface area contributed by atoms with Crippen LogP contribution in [-0.4, -0.2) is 92.9 Å². The number of hydrogen-bond donors (Lipinski definition) is 6. The molecule has 0 amide bonds. The second-order valence-electron chi connectivity index (χ2n) is 4.46. The Balaban J connectivity index is 2.66. The van der Waals surface area contributed by atoms with Crippen LogP contribution in [0.15, 0.2) is 0 Å². The highest BCUT2D eigenvalue weighted by Crippen LogP contribution is 2.25. The van der Waals surface area contributed by atoms with Crippen molar-refractivity contribution in [3.63, 3.8) is 0 Å². The Hall–Kier alpha value is 0.0200. The third-order valence-corrected chi connectivity index (χ3v) is 6.32. The third-order valence-electron chi connectivity index (χ3n) is 3.01. The quantitative estimate of drug-likeness (QED) is 0.202. The summed E-state index contributed by atoms with van der Waals surface area (Å²) in [4.78, 5) is 0. The van der Waals surface area contributed by atoms with E-state index in [-0.39, 0.29) is 11.5 Å². The van der Waals surface area contributed by atoms with E-state index in [1.54, 1.807) is 0 Å². The fourth-order valence-electron chi connectivity index (χ4n) is 1.99. The van der Waals surface area contributed by atoms with Gasteiger partial charge in [-0.2, -0.15) is 8.42 Å². The van der Waals surface area contributed by atoms with Crippen LogP contribution in [0.2, 0.25) is 0 Å². The van der Waals surface area contributed by atoms with Gasteiger partial charge in [0.15, 0.2) is 5.25 Å². The molecule has 0 saturated carbocycles. The minimum Gasteiger partial charge on any atom is -0.394 e. The molecule has 1 heterocycles. The lowest BCUT2D eigenvalue weighted by Crippen LogP contribution is -2.42. The number of aliphatic hydroxyl groups is 5. The van der Waals surface area contributed by atoms with Gasteiger partial charge in [0.05, 0.1) is 13.2 Å². The topological polar surface area (TPSA) is 165 Å². The van der Waals surface area contributed by atoms with Crippen molar-refractivity contribution in [3.8, 4) is 0 Å². The van der Waals surface area contributed by atoms with Gasteiger partial charge in [0, 0.05) is 10.9 Å². The Morgan fingerprint density at radius 1 is 1.30 bits per heavy atom. The van der Waals surface area contributed by atoms with Gasteiger partial charge >= 0.3 is 10.4 Å². The lowest BCUT2D eigenvalue weighted by atomic mass is 10.2. The summed E-state index contributed by atoms with van der Waals surface area (Å²) in [7, 11) is -5.59. The molecule has 6 N–H and O–H groups in total. The molecule has 120 valence electrons. The molecule has 1 rings (SSSR count). The molecule has 0 aromatic carbocycles. The van der Waals surface area contributed by atoms with Crippen molar-refractivity contribution in [2.45, 2.75) is 29.7 Å². The molecule has 0 spiro atoms. The second kappa shape index (κ2) is 7.33. The fraction of sp³-hybridized carbons (Fsp3) is 1.00. The van der Waals surface area contributed by atoms with Gasteiger partial charge in [-0.15, -0.1) is 0 Å². The summed E-state index contributed by atoms with van der Waals surface area (Å²) in [5.41, 5.74) is 0. The van der Waals surface area contributed by atoms with Crippen molar-refractivity contribution >= 4 is 21.3 Å². The highest BCUT2D eigenvalue weighted by atomic mass is 32.3. The summed E-state index contributed by atoms with van der Waals surface area (Å²) in [5, 5.41) is 46.4. The van der Waals surface area contributed by atoms with E-state index < -0.39 is 64.2 Å². The first-order valence-electron chi connectivity index (χ1n) is 5.77. The zero-order valence-corrected chi connectivity index (χ0v) is 12.1. The van der Waals surface area contributed by atoms with Crippen LogP contribution < -0.4 is 0 Å². The molecule has 20 heavy (non-hydrogen) atoms. The minimum atomic E-state index is -4.82. The van der Waals surface area contributed by atoms with Crippen LogP contribution in [0.4, 0.5) is 0 Å². The van der Waals surface area contributed by atoms with Crippen LogP contribution in [0.1, 0.15) is 0 Å². The van der Waals surface area contributed by atoms with Crippen molar-refractivity contribution in [1.29, 1.82) is 0 Å². The zero-order chi connectivity index (χ0) is 15.5. The maximum absolute atomic E-state index is 10.6. The van der Waals surface area contributed by atoms with Gasteiger partial charge < -0.3 is 25.5 Å². The smallest absolute Gasteiger partial charge is 0.394 e. The maximum Gasteiger partial charge on any atom is 0.397 e. The Morgan fingerprint density at radius 3 is 2.35 bits per heavy atom. The van der Waals surface area contributed by atoms with E-state index in [4.69, 9.17) is 14.8 Å². The van der Waals surface area contributed by atoms with Crippen LogP contribution in [0.5, 0.6) is 0 Å². The first-order valence-corrected chi connectivity index (χ1v) is 8.76. The van der Waals surface area contributed by atoms with E-state index in [0.717, 1.165) is 0 Å². The maximum atomic E-state index is 10.6. The van der Waals surface area contributed by atoms with Gasteiger partial charge in [-0.05, 0) is 0 Å². The molecule has 0 aromatic rings. The van der Waals surface area contributed by atoms with Gasteiger partial charge in [-0.1, -0.05) is 0 Å². The SMILES string of the molecule is O=S(=O)(O)OC(CO)[C@H](O)C[S+]1C[C@@H](O)[C@H](O)[C@H]1CO. The Bertz CT molecular complexity index is 400. The number of rotatable bonds is 7. The summed E-state index contributed by atoms with van der Waals surface area (Å²) in [6.45, 7) is -1.23. The Labute approximate surface area is 119 Å². The lowest BCUT2D eigenvalue weighted by Gasteiger charge is -2.20. The molecule has 1 saturated heterocycles. The molecule has 9 nitrogen and oxygen atoms in total. The van der Waals surface area contributed by atoms with Gasteiger partial charge in [-0.25, -0.2) is 4.18 Å². The summed E-state index contributed by atoms with van der Waals surface area (Å²) in [6.07, 6.45) is -5.13. The van der Waals surface area contributed by atoms with Gasteiger partial charge in [0.1, 0.15) is 35.9 Å². The lowest BCUT2D eigenvalue weighted by molar-refractivity contribution is 0.0112. The molecule has 0 aromatic heterocycles. The fourth-order valence-corrected chi connectivity index (χ4v) is 5.20. The van der Waals surface area contributed by atoms with E-state index in [1.807, 2.05) is 0 Å². The van der Waals surface area contributed by atoms with E-state index in [2.05, 4.69) is 4.18 Å². The van der Waals surface area contributed by atoms with Gasteiger partial charge in [0.2, 0.25) is 0 Å². The van der Waals surface area contributed by atoms with E-state index in [0.29, 0.717) is 0 Å². The molecular weight excluding hydrogens is 316 g/mol. The second-order valence-corrected chi connectivity index (χ2v) is 7.86. The molecule has 0 aliphatic carbocycles. The van der Waals surface area contributed by atoms with Gasteiger partial charge in [0.25, 0.3) is 0 Å². The molecule has 1 aliphatic rings. The van der Waals surface area contributed by atoms with Crippen LogP contribution in [0.3, 0.4) is 0 Å². The summed E-state index contributed by atoms with van der Waals surface area (Å²) in [6, 6.07) is 0. The molecule has 2 unspecified atom stereocenters. The van der Waals surface area contributed by atoms with Crippen LogP contribution in [0.25, 0.3) is 0 Å². The van der Waals surface area contributed by atoms with Crippen molar-refractivity contribution in [2.75, 3.05) is 24.7 Å². The number of aliphatic hydroxyl groups excluding tert-OH is 5. The standard InChI is InChI=1S/C9H18O9S2/c10-1-7(18-20(15,16)17)5(12)3-19-4-6(13)9(14)8(19)2-11/h5-14H,1-4H2/p+1/t5-,6-,7?,8-,9+,19?/m1/s1. The summed E-state index contributed by atoms with van der Waals surface area (Å²) < 4.78 is 33.8. The predicted molar refractivity (Wildman–Crippen MR) is 69.5 cm³/mol. The molecular formula is C9H19O9S2+. The van der Waals surface area contributed by atoms with Crippen LogP contribution in [-0.2, 0) is 25.5 Å². The Morgan fingerprint density at radius 2 is 1.90 bits per heavy atom. The molecule has 1 fully saturated rings. The highest BCUT2D eigenvalue weighted by Gasteiger charge is 2.50. The Kier molecular flexibility index (Phi) is 6.63. The summed E-state index contributed by atoms with van der Waals surface area (Å²) in [5.74, 6) is 0.0631. The molecule has 0 radical (unpaired) electrons. The van der Waals surface area contributed by atoms with E-state index in [1.165, 1.54) is 0 Å². The average Bonchev–Trinajstić information content (AvgIpc) is 2.60. The zero-order valence-electron chi connectivity index (χ0n) is 10.4. The average molecular weight is 335 g/mol. The molecule has 11 heteroatoms. The monoisotopic (exact) mass is 335 g/mol. The first kappa shape index (κ1) is 18.1. The van der Waals surface area contributed by atoms with Crippen LogP contribution in [0, 0.1) is 0 Å². The van der Waals surface area contributed by atoms with E-state index in [9.17, 15) is 23.7 Å². The molecule has 1 aliphatic heterocycles. The molecule has 0 bridgehead atoms. The van der Waals surface area contributed by atoms with Gasteiger partial charge in [-0.3, -0.25) is 4.55 Å². The van der Waals surface area contributed by atoms with E-state index >= 15 is 0 Å². The predicted octanol–water partition coefficient (Wildman–Crippen LogP) is -3.76. The normalized spacial score (nSPS) is 34.1. The highest BCUT2D eigenvalue weighted by molar-refractivity contribution is 7.97. The summed E-state index contributed by atoms with van der Waals surface area (Å²) >= 11 is 0. The molecule has 6 atom stereocenters. The van der Waals surface area contributed by atoms with Crippen molar-refractivity contribution < 1.29 is 42.7 Å². The largest absolute Gasteiger partial charge is 0.397 e. The first-order chi connectivity index (χ1) is 9.19. The number of hydrogen-bond acceptors (Lipinski definition) is 8. The van der Waals surface area contributed by atoms with Crippen LogP contribution >= 0.6 is 0 Å². The minimum absolute atomic E-state index is 0.0832. The van der Waals surface area contributed by atoms with Crippen molar-refractivity contribution in [3.05, 3.63) is 0 Å². The van der Waals surface area contributed by atoms with Crippen molar-refractivity contribution in [1.82, 2.24) is 0 Å².